The molecule has 4 heteroatoms. The molecule has 1 amide bonds. The largest absolute Gasteiger partial charge is 0.355 e. The highest BCUT2D eigenvalue weighted by atomic mass is 16.2. The van der Waals surface area contributed by atoms with Crippen molar-refractivity contribution < 1.29 is 4.79 Å². The average molecular weight is 253 g/mol. The lowest BCUT2D eigenvalue weighted by atomic mass is 9.95. The Morgan fingerprint density at radius 2 is 2.06 bits per heavy atom. The molecule has 2 rings (SSSR count). The Morgan fingerprint density at radius 3 is 2.56 bits per heavy atom. The number of nitrogens with zero attached hydrogens (tertiary/aromatic N) is 1. The van der Waals surface area contributed by atoms with Crippen molar-refractivity contribution in [2.24, 2.45) is 11.7 Å². The molecule has 0 aromatic carbocycles. The van der Waals surface area contributed by atoms with E-state index in [1.54, 1.807) is 0 Å². The number of nitrogens with one attached hydrogen (secondary N) is 1. The van der Waals surface area contributed by atoms with Crippen molar-refractivity contribution in [2.75, 3.05) is 26.2 Å². The summed E-state index contributed by atoms with van der Waals surface area (Å²) in [6.07, 6.45) is 7.35. The topological polar surface area (TPSA) is 58.4 Å². The minimum atomic E-state index is 0.0890. The van der Waals surface area contributed by atoms with E-state index in [1.165, 1.54) is 25.7 Å². The molecular formula is C14H27N3O. The molecular weight excluding hydrogens is 226 g/mol. The van der Waals surface area contributed by atoms with E-state index in [2.05, 4.69) is 17.1 Å². The van der Waals surface area contributed by atoms with E-state index in [4.69, 9.17) is 5.73 Å². The molecule has 0 aromatic heterocycles. The van der Waals surface area contributed by atoms with E-state index in [0.29, 0.717) is 13.1 Å². The number of hydrogen-bond donors (Lipinski definition) is 2. The van der Waals surface area contributed by atoms with Gasteiger partial charge in [-0.15, -0.1) is 0 Å². The number of nitrogens with two attached hydrogens (primary N) is 1. The second kappa shape index (κ2) is 6.02. The minimum Gasteiger partial charge on any atom is -0.355 e. The molecule has 0 unspecified atom stereocenters. The summed E-state index contributed by atoms with van der Waals surface area (Å²) in [5.74, 6) is 0.919. The zero-order valence-electron chi connectivity index (χ0n) is 11.6. The molecule has 0 spiro atoms. The van der Waals surface area contributed by atoms with Crippen LogP contribution < -0.4 is 11.1 Å². The summed E-state index contributed by atoms with van der Waals surface area (Å²) in [6, 6.07) is 0. The summed E-state index contributed by atoms with van der Waals surface area (Å²) < 4.78 is 0. The predicted octanol–water partition coefficient (Wildman–Crippen LogP) is 1.11. The van der Waals surface area contributed by atoms with Gasteiger partial charge in [0.05, 0.1) is 6.54 Å². The van der Waals surface area contributed by atoms with Crippen LogP contribution in [0.1, 0.15) is 45.4 Å². The van der Waals surface area contributed by atoms with Gasteiger partial charge in [-0.3, -0.25) is 9.69 Å². The van der Waals surface area contributed by atoms with Gasteiger partial charge in [-0.05, 0) is 38.1 Å². The molecule has 0 radical (unpaired) electrons. The second-order valence-corrected chi connectivity index (χ2v) is 5.90. The van der Waals surface area contributed by atoms with Gasteiger partial charge in [0.1, 0.15) is 0 Å². The molecule has 0 saturated heterocycles. The number of likely N-dealkylation sites (N-methyl/N-ethyl adjacent to an activating group) is 1. The van der Waals surface area contributed by atoms with Gasteiger partial charge < -0.3 is 11.1 Å². The van der Waals surface area contributed by atoms with Crippen LogP contribution in [0.3, 0.4) is 0 Å². The lowest BCUT2D eigenvalue weighted by Gasteiger charge is -2.39. The predicted molar refractivity (Wildman–Crippen MR) is 73.2 cm³/mol. The van der Waals surface area contributed by atoms with Crippen molar-refractivity contribution >= 4 is 5.91 Å². The van der Waals surface area contributed by atoms with E-state index in [-0.39, 0.29) is 11.4 Å². The number of rotatable bonds is 7. The zero-order chi connectivity index (χ0) is 13.0. The minimum absolute atomic E-state index is 0.0890. The average Bonchev–Trinajstić information content (AvgIpc) is 3.10. The fourth-order valence-corrected chi connectivity index (χ4v) is 3.11. The molecule has 2 aliphatic carbocycles. The van der Waals surface area contributed by atoms with Crippen molar-refractivity contribution in [3.05, 3.63) is 0 Å². The van der Waals surface area contributed by atoms with E-state index in [0.717, 1.165) is 31.8 Å². The van der Waals surface area contributed by atoms with E-state index in [1.807, 2.05) is 0 Å². The van der Waals surface area contributed by atoms with Gasteiger partial charge in [0.15, 0.2) is 0 Å². The monoisotopic (exact) mass is 253 g/mol. The summed E-state index contributed by atoms with van der Waals surface area (Å²) in [5.41, 5.74) is 6.07. The van der Waals surface area contributed by atoms with Crippen LogP contribution in [-0.4, -0.2) is 42.5 Å². The summed E-state index contributed by atoms with van der Waals surface area (Å²) in [5, 5.41) is 3.05. The molecule has 4 nitrogen and oxygen atoms in total. The molecule has 3 N–H and O–H groups in total. The Hall–Kier alpha value is -0.610. The fraction of sp³-hybridized carbons (Fsp3) is 0.929. The van der Waals surface area contributed by atoms with Crippen LogP contribution in [-0.2, 0) is 4.79 Å². The van der Waals surface area contributed by atoms with Gasteiger partial charge >= 0.3 is 0 Å². The maximum absolute atomic E-state index is 12.0. The van der Waals surface area contributed by atoms with Gasteiger partial charge in [-0.25, -0.2) is 0 Å². The third kappa shape index (κ3) is 3.23. The van der Waals surface area contributed by atoms with E-state index in [9.17, 15) is 4.79 Å². The number of hydrogen-bond acceptors (Lipinski definition) is 3. The van der Waals surface area contributed by atoms with E-state index < -0.39 is 0 Å². The highest BCUT2D eigenvalue weighted by molar-refractivity contribution is 5.78. The standard InChI is InChI=1S/C14H27N3O/c1-2-17(14(11-15)7-3-4-8-14)10-13(18)16-9-12-5-6-12/h12H,2-11,15H2,1H3,(H,16,18). The van der Waals surface area contributed by atoms with Gasteiger partial charge in [-0.1, -0.05) is 19.8 Å². The summed E-state index contributed by atoms with van der Waals surface area (Å²) >= 11 is 0. The SMILES string of the molecule is CCN(CC(=O)NCC1CC1)C1(CN)CCCC1. The van der Waals surface area contributed by atoms with Gasteiger partial charge in [0.25, 0.3) is 0 Å². The van der Waals surface area contributed by atoms with Gasteiger partial charge in [-0.2, -0.15) is 0 Å². The first-order chi connectivity index (χ1) is 8.70. The molecule has 0 heterocycles. The molecule has 2 saturated carbocycles. The van der Waals surface area contributed by atoms with Crippen LogP contribution >= 0.6 is 0 Å². The third-order valence-corrected chi connectivity index (χ3v) is 4.59. The van der Waals surface area contributed by atoms with Crippen LogP contribution in [0.4, 0.5) is 0 Å². The number of amides is 1. The highest BCUT2D eigenvalue weighted by Gasteiger charge is 2.38. The van der Waals surface area contributed by atoms with Crippen molar-refractivity contribution in [1.29, 1.82) is 0 Å². The Bertz CT molecular complexity index is 283. The lowest BCUT2D eigenvalue weighted by molar-refractivity contribution is -0.123. The Labute approximate surface area is 110 Å². The summed E-state index contributed by atoms with van der Waals surface area (Å²) in [4.78, 5) is 14.3. The summed E-state index contributed by atoms with van der Waals surface area (Å²) in [6.45, 7) is 5.10. The third-order valence-electron chi connectivity index (χ3n) is 4.59. The Morgan fingerprint density at radius 1 is 1.39 bits per heavy atom. The van der Waals surface area contributed by atoms with Crippen LogP contribution in [0.25, 0.3) is 0 Å². The lowest BCUT2D eigenvalue weighted by Crippen LogP contribution is -2.55. The Kier molecular flexibility index (Phi) is 4.62. The molecule has 104 valence electrons. The Balaban J connectivity index is 1.84. The van der Waals surface area contributed by atoms with Crippen LogP contribution in [0, 0.1) is 5.92 Å². The molecule has 0 bridgehead atoms. The maximum atomic E-state index is 12.0. The highest BCUT2D eigenvalue weighted by Crippen LogP contribution is 2.34. The first-order valence-corrected chi connectivity index (χ1v) is 7.42. The van der Waals surface area contributed by atoms with Crippen LogP contribution in [0.2, 0.25) is 0 Å². The molecule has 2 aliphatic rings. The first kappa shape index (κ1) is 13.8. The zero-order valence-corrected chi connectivity index (χ0v) is 11.6. The first-order valence-electron chi connectivity index (χ1n) is 7.42. The van der Waals surface area contributed by atoms with Crippen LogP contribution in [0.15, 0.2) is 0 Å². The quantitative estimate of drug-likeness (QED) is 0.714. The molecule has 0 atom stereocenters. The van der Waals surface area contributed by atoms with Gasteiger partial charge in [0.2, 0.25) is 5.91 Å². The maximum Gasteiger partial charge on any atom is 0.234 e. The summed E-state index contributed by atoms with van der Waals surface area (Å²) in [7, 11) is 0. The van der Waals surface area contributed by atoms with Crippen molar-refractivity contribution in [1.82, 2.24) is 10.2 Å². The van der Waals surface area contributed by atoms with Gasteiger partial charge in [0, 0.05) is 18.6 Å². The van der Waals surface area contributed by atoms with Crippen molar-refractivity contribution in [3.63, 3.8) is 0 Å². The van der Waals surface area contributed by atoms with E-state index >= 15 is 0 Å². The normalized spacial score (nSPS) is 22.4. The van der Waals surface area contributed by atoms with Crippen LogP contribution in [0.5, 0.6) is 0 Å². The molecule has 2 fully saturated rings. The number of carbonyl (C=O) groups excluding carboxylic acids is 1. The smallest absolute Gasteiger partial charge is 0.234 e. The molecule has 18 heavy (non-hydrogen) atoms. The molecule has 0 aromatic rings. The number of carbonyl (C=O) groups is 1. The van der Waals surface area contributed by atoms with Crippen molar-refractivity contribution in [2.45, 2.75) is 51.0 Å². The second-order valence-electron chi connectivity index (χ2n) is 5.90. The molecule has 0 aliphatic heterocycles. The fourth-order valence-electron chi connectivity index (χ4n) is 3.11. The van der Waals surface area contributed by atoms with Crippen molar-refractivity contribution in [3.8, 4) is 0 Å².